The molecule has 2 heterocycles. The Kier molecular flexibility index (Phi) is 5.03. The van der Waals surface area contributed by atoms with E-state index in [0.717, 1.165) is 26.4 Å². The van der Waals surface area contributed by atoms with Crippen LogP contribution in [0.5, 0.6) is 0 Å². The summed E-state index contributed by atoms with van der Waals surface area (Å²) in [5, 5.41) is 0.657. The van der Waals surface area contributed by atoms with Crippen LogP contribution in [0, 0.1) is 13.8 Å². The van der Waals surface area contributed by atoms with E-state index in [2.05, 4.69) is 17.1 Å². The Bertz CT molecular complexity index is 1250. The number of fused-ring (bicyclic) bond motifs is 1. The van der Waals surface area contributed by atoms with Gasteiger partial charge in [0.15, 0.2) is 0 Å². The SMILES string of the molecule is COC(=O)c1ccc(Cn2cnc3sc(C)c(-c4ccc(C)cc4)c3c2=O)cc1. The van der Waals surface area contributed by atoms with Crippen molar-refractivity contribution < 1.29 is 9.53 Å². The highest BCUT2D eigenvalue weighted by atomic mass is 32.1. The third-order valence-corrected chi connectivity index (χ3v) is 5.94. The van der Waals surface area contributed by atoms with Crippen LogP contribution in [-0.2, 0) is 11.3 Å². The molecule has 0 radical (unpaired) electrons. The lowest BCUT2D eigenvalue weighted by molar-refractivity contribution is 0.0600. The zero-order chi connectivity index (χ0) is 20.5. The number of carbonyl (C=O) groups excluding carboxylic acids is 1. The maximum Gasteiger partial charge on any atom is 0.337 e. The van der Waals surface area contributed by atoms with Crippen LogP contribution in [0.2, 0.25) is 0 Å². The van der Waals surface area contributed by atoms with Gasteiger partial charge in [-0.25, -0.2) is 9.78 Å². The van der Waals surface area contributed by atoms with E-state index in [-0.39, 0.29) is 11.5 Å². The van der Waals surface area contributed by atoms with Crippen molar-refractivity contribution >= 4 is 27.5 Å². The highest BCUT2D eigenvalue weighted by molar-refractivity contribution is 7.19. The van der Waals surface area contributed by atoms with Gasteiger partial charge in [0.2, 0.25) is 0 Å². The first-order chi connectivity index (χ1) is 14.0. The molecule has 0 aliphatic heterocycles. The lowest BCUT2D eigenvalue weighted by Crippen LogP contribution is -2.21. The molecular formula is C23H20N2O3S. The fourth-order valence-corrected chi connectivity index (χ4v) is 4.38. The van der Waals surface area contributed by atoms with Gasteiger partial charge in [-0.3, -0.25) is 9.36 Å². The van der Waals surface area contributed by atoms with Crippen molar-refractivity contribution in [1.29, 1.82) is 0 Å². The molecule has 146 valence electrons. The predicted octanol–water partition coefficient (Wildman–Crippen LogP) is 4.58. The van der Waals surface area contributed by atoms with E-state index in [1.54, 1.807) is 23.0 Å². The van der Waals surface area contributed by atoms with Crippen LogP contribution in [0.3, 0.4) is 0 Å². The topological polar surface area (TPSA) is 61.2 Å². The van der Waals surface area contributed by atoms with Crippen LogP contribution in [0.4, 0.5) is 0 Å². The van der Waals surface area contributed by atoms with E-state index in [1.807, 2.05) is 38.1 Å². The monoisotopic (exact) mass is 404 g/mol. The summed E-state index contributed by atoms with van der Waals surface area (Å²) in [5.74, 6) is -0.381. The van der Waals surface area contributed by atoms with Crippen molar-refractivity contribution in [3.05, 3.63) is 86.8 Å². The maximum atomic E-state index is 13.3. The fourth-order valence-electron chi connectivity index (χ4n) is 3.38. The number of benzene rings is 2. The number of methoxy groups -OCH3 is 1. The van der Waals surface area contributed by atoms with Crippen molar-refractivity contribution in [3.63, 3.8) is 0 Å². The number of hydrogen-bond donors (Lipinski definition) is 0. The molecule has 0 saturated heterocycles. The van der Waals surface area contributed by atoms with E-state index in [1.165, 1.54) is 24.0 Å². The fraction of sp³-hybridized carbons (Fsp3) is 0.174. The Morgan fingerprint density at radius 3 is 2.41 bits per heavy atom. The minimum absolute atomic E-state index is 0.0630. The minimum atomic E-state index is -0.381. The molecular weight excluding hydrogens is 384 g/mol. The van der Waals surface area contributed by atoms with E-state index in [0.29, 0.717) is 17.5 Å². The highest BCUT2D eigenvalue weighted by Crippen LogP contribution is 2.35. The molecule has 0 amide bonds. The molecule has 2 aromatic carbocycles. The first kappa shape index (κ1) is 19.1. The molecule has 29 heavy (non-hydrogen) atoms. The summed E-state index contributed by atoms with van der Waals surface area (Å²) < 4.78 is 6.33. The minimum Gasteiger partial charge on any atom is -0.465 e. The molecule has 0 fully saturated rings. The average molecular weight is 404 g/mol. The smallest absolute Gasteiger partial charge is 0.337 e. The summed E-state index contributed by atoms with van der Waals surface area (Å²) in [6.45, 7) is 4.45. The van der Waals surface area contributed by atoms with Gasteiger partial charge in [-0.15, -0.1) is 11.3 Å². The third kappa shape index (κ3) is 3.59. The molecule has 0 bridgehead atoms. The lowest BCUT2D eigenvalue weighted by atomic mass is 10.0. The van der Waals surface area contributed by atoms with Crippen molar-refractivity contribution in [2.75, 3.05) is 7.11 Å². The molecule has 4 rings (SSSR count). The molecule has 0 aliphatic carbocycles. The normalized spacial score (nSPS) is 11.0. The standard InChI is InChI=1S/C23H20N2O3S/c1-14-4-8-17(9-5-14)19-15(2)29-21-20(19)22(26)25(13-24-21)12-16-6-10-18(11-7-16)23(27)28-3/h4-11,13H,12H2,1-3H3. The summed E-state index contributed by atoms with van der Waals surface area (Å²) in [5.41, 5.74) is 4.48. The molecule has 2 aromatic heterocycles. The number of nitrogens with zero attached hydrogens (tertiary/aromatic N) is 2. The van der Waals surface area contributed by atoms with E-state index in [9.17, 15) is 9.59 Å². The van der Waals surface area contributed by atoms with Crippen LogP contribution in [0.15, 0.2) is 59.7 Å². The van der Waals surface area contributed by atoms with Crippen LogP contribution in [-0.4, -0.2) is 22.6 Å². The third-order valence-electron chi connectivity index (χ3n) is 4.92. The van der Waals surface area contributed by atoms with Gasteiger partial charge in [-0.05, 0) is 37.1 Å². The van der Waals surface area contributed by atoms with Gasteiger partial charge in [-0.2, -0.15) is 0 Å². The number of rotatable bonds is 4. The van der Waals surface area contributed by atoms with Crippen molar-refractivity contribution in [3.8, 4) is 11.1 Å². The van der Waals surface area contributed by atoms with Gasteiger partial charge < -0.3 is 4.74 Å². The zero-order valence-electron chi connectivity index (χ0n) is 16.4. The van der Waals surface area contributed by atoms with Crippen molar-refractivity contribution in [2.45, 2.75) is 20.4 Å². The Balaban J connectivity index is 1.76. The predicted molar refractivity (Wildman–Crippen MR) is 116 cm³/mol. The number of thiophene rings is 1. The van der Waals surface area contributed by atoms with E-state index < -0.39 is 0 Å². The van der Waals surface area contributed by atoms with Gasteiger partial charge in [0.1, 0.15) is 4.83 Å². The summed E-state index contributed by atoms with van der Waals surface area (Å²) in [4.78, 5) is 31.2. The van der Waals surface area contributed by atoms with Gasteiger partial charge in [0, 0.05) is 10.4 Å². The molecule has 0 saturated carbocycles. The second-order valence-electron chi connectivity index (χ2n) is 6.95. The van der Waals surface area contributed by atoms with Crippen LogP contribution in [0.1, 0.15) is 26.4 Å². The quantitative estimate of drug-likeness (QED) is 0.467. The Morgan fingerprint density at radius 2 is 1.76 bits per heavy atom. The summed E-state index contributed by atoms with van der Waals surface area (Å²) >= 11 is 1.54. The summed E-state index contributed by atoms with van der Waals surface area (Å²) in [7, 11) is 1.35. The van der Waals surface area contributed by atoms with Crippen LogP contribution >= 0.6 is 11.3 Å². The number of aromatic nitrogens is 2. The average Bonchev–Trinajstić information content (AvgIpc) is 3.07. The molecule has 0 aliphatic rings. The summed E-state index contributed by atoms with van der Waals surface area (Å²) in [6, 6.07) is 15.2. The number of carbonyl (C=O) groups is 1. The number of esters is 1. The lowest BCUT2D eigenvalue weighted by Gasteiger charge is -2.08. The first-order valence-electron chi connectivity index (χ1n) is 9.20. The number of ether oxygens (including phenoxy) is 1. The maximum absolute atomic E-state index is 13.3. The van der Waals surface area contributed by atoms with Crippen LogP contribution in [0.25, 0.3) is 21.3 Å². The molecule has 0 atom stereocenters. The Labute approximate surface area is 172 Å². The molecule has 0 unspecified atom stereocenters. The number of hydrogen-bond acceptors (Lipinski definition) is 5. The molecule has 0 spiro atoms. The Morgan fingerprint density at radius 1 is 1.07 bits per heavy atom. The van der Waals surface area contributed by atoms with Gasteiger partial charge in [0.25, 0.3) is 5.56 Å². The van der Waals surface area contributed by atoms with Gasteiger partial charge in [-0.1, -0.05) is 42.0 Å². The second-order valence-corrected chi connectivity index (χ2v) is 8.15. The second kappa shape index (κ2) is 7.64. The van der Waals surface area contributed by atoms with Crippen molar-refractivity contribution in [2.24, 2.45) is 0 Å². The highest BCUT2D eigenvalue weighted by Gasteiger charge is 2.17. The molecule has 4 aromatic rings. The van der Waals surface area contributed by atoms with Gasteiger partial charge in [0.05, 0.1) is 30.9 Å². The first-order valence-corrected chi connectivity index (χ1v) is 10.0. The van der Waals surface area contributed by atoms with Crippen molar-refractivity contribution in [1.82, 2.24) is 9.55 Å². The largest absolute Gasteiger partial charge is 0.465 e. The van der Waals surface area contributed by atoms with E-state index >= 15 is 0 Å². The summed E-state index contributed by atoms with van der Waals surface area (Å²) in [6.07, 6.45) is 1.59. The Hall–Kier alpha value is -3.25. The van der Waals surface area contributed by atoms with E-state index in [4.69, 9.17) is 4.74 Å². The zero-order valence-corrected chi connectivity index (χ0v) is 17.2. The van der Waals surface area contributed by atoms with Crippen LogP contribution < -0.4 is 5.56 Å². The molecule has 0 N–H and O–H groups in total. The number of aryl methyl sites for hydroxylation is 2. The molecule has 5 nitrogen and oxygen atoms in total. The molecule has 6 heteroatoms. The van der Waals surface area contributed by atoms with Gasteiger partial charge >= 0.3 is 5.97 Å².